The topological polar surface area (TPSA) is 58.6 Å². The highest BCUT2D eigenvalue weighted by Crippen LogP contribution is 2.25. The first-order valence-electron chi connectivity index (χ1n) is 4.90. The van der Waals surface area contributed by atoms with E-state index in [0.29, 0.717) is 0 Å². The zero-order chi connectivity index (χ0) is 12.0. The lowest BCUT2D eigenvalue weighted by Crippen LogP contribution is -2.15. The number of methoxy groups -OCH3 is 1. The van der Waals surface area contributed by atoms with Crippen molar-refractivity contribution >= 4 is 5.97 Å². The maximum Gasteiger partial charge on any atom is 0.328 e. The number of rotatable bonds is 5. The van der Waals surface area contributed by atoms with Gasteiger partial charge in [-0.1, -0.05) is 24.3 Å². The smallest absolute Gasteiger partial charge is 0.328 e. The van der Waals surface area contributed by atoms with Gasteiger partial charge in [-0.3, -0.25) is 0 Å². The summed E-state index contributed by atoms with van der Waals surface area (Å²) < 4.78 is 5.21. The van der Waals surface area contributed by atoms with Crippen molar-refractivity contribution in [2.45, 2.75) is 6.04 Å². The normalized spacial score (nSPS) is 12.6. The van der Waals surface area contributed by atoms with Crippen molar-refractivity contribution in [2.24, 2.45) is 0 Å². The summed E-state index contributed by atoms with van der Waals surface area (Å²) in [4.78, 5) is 10.5. The van der Waals surface area contributed by atoms with Crippen molar-refractivity contribution in [3.8, 4) is 5.75 Å². The Hall–Kier alpha value is -1.81. The van der Waals surface area contributed by atoms with E-state index in [9.17, 15) is 4.79 Å². The monoisotopic (exact) mass is 221 g/mol. The van der Waals surface area contributed by atoms with E-state index < -0.39 is 5.97 Å². The Morgan fingerprint density at radius 1 is 1.50 bits per heavy atom. The SMILES string of the molecule is CNC(/C=C/C(=O)O)c1ccccc1OC. The molecule has 0 aliphatic rings. The number of carboxylic acids is 1. The van der Waals surface area contributed by atoms with Gasteiger partial charge in [0, 0.05) is 11.6 Å². The molecular formula is C12H15NO3. The van der Waals surface area contributed by atoms with Gasteiger partial charge in [-0.25, -0.2) is 4.79 Å². The molecule has 4 heteroatoms. The van der Waals surface area contributed by atoms with Crippen molar-refractivity contribution in [1.29, 1.82) is 0 Å². The van der Waals surface area contributed by atoms with Gasteiger partial charge in [0.1, 0.15) is 5.75 Å². The summed E-state index contributed by atoms with van der Waals surface area (Å²) >= 11 is 0. The molecule has 0 saturated carbocycles. The van der Waals surface area contributed by atoms with Crippen LogP contribution >= 0.6 is 0 Å². The molecule has 4 nitrogen and oxygen atoms in total. The molecule has 16 heavy (non-hydrogen) atoms. The van der Waals surface area contributed by atoms with Crippen LogP contribution in [0.2, 0.25) is 0 Å². The summed E-state index contributed by atoms with van der Waals surface area (Å²) in [5, 5.41) is 11.6. The van der Waals surface area contributed by atoms with Crippen LogP contribution in [0.5, 0.6) is 5.75 Å². The molecule has 0 aromatic heterocycles. The molecule has 86 valence electrons. The van der Waals surface area contributed by atoms with Crippen molar-refractivity contribution in [2.75, 3.05) is 14.2 Å². The Kier molecular flexibility index (Phi) is 4.54. The Balaban J connectivity index is 2.98. The van der Waals surface area contributed by atoms with Crippen LogP contribution in [0.3, 0.4) is 0 Å². The zero-order valence-electron chi connectivity index (χ0n) is 9.31. The van der Waals surface area contributed by atoms with Gasteiger partial charge in [-0.15, -0.1) is 0 Å². The second-order valence-electron chi connectivity index (χ2n) is 3.21. The number of likely N-dealkylation sites (N-methyl/N-ethyl adjacent to an activating group) is 1. The molecule has 1 aromatic rings. The summed E-state index contributed by atoms with van der Waals surface area (Å²) in [7, 11) is 3.36. The van der Waals surface area contributed by atoms with Crippen molar-refractivity contribution in [3.63, 3.8) is 0 Å². The van der Waals surface area contributed by atoms with Gasteiger partial charge < -0.3 is 15.2 Å². The summed E-state index contributed by atoms with van der Waals surface area (Å²) in [5.41, 5.74) is 0.907. The van der Waals surface area contributed by atoms with E-state index in [1.165, 1.54) is 0 Å². The molecule has 2 N–H and O–H groups in total. The van der Waals surface area contributed by atoms with Crippen LogP contribution < -0.4 is 10.1 Å². The number of ether oxygens (including phenoxy) is 1. The van der Waals surface area contributed by atoms with Crippen LogP contribution in [-0.2, 0) is 4.79 Å². The average molecular weight is 221 g/mol. The fraction of sp³-hybridized carbons (Fsp3) is 0.250. The first-order chi connectivity index (χ1) is 7.69. The molecule has 0 spiro atoms. The Morgan fingerprint density at radius 2 is 2.19 bits per heavy atom. The van der Waals surface area contributed by atoms with Crippen molar-refractivity contribution in [3.05, 3.63) is 42.0 Å². The van der Waals surface area contributed by atoms with E-state index in [1.807, 2.05) is 24.3 Å². The molecule has 1 aromatic carbocycles. The fourth-order valence-corrected chi connectivity index (χ4v) is 1.46. The van der Waals surface area contributed by atoms with Crippen molar-refractivity contribution in [1.82, 2.24) is 5.32 Å². The Bertz CT molecular complexity index is 388. The number of benzene rings is 1. The molecule has 0 heterocycles. The van der Waals surface area contributed by atoms with Gasteiger partial charge in [-0.05, 0) is 13.1 Å². The standard InChI is InChI=1S/C12H15NO3/c1-13-10(7-8-12(14)15)9-5-3-4-6-11(9)16-2/h3-8,10,13H,1-2H3,(H,14,15)/b8-7+. The number of para-hydroxylation sites is 1. The molecule has 1 atom stereocenters. The third kappa shape index (κ3) is 3.10. The third-order valence-corrected chi connectivity index (χ3v) is 2.22. The van der Waals surface area contributed by atoms with Crippen LogP contribution in [0.15, 0.2) is 36.4 Å². The van der Waals surface area contributed by atoms with Crippen LogP contribution in [0.1, 0.15) is 11.6 Å². The minimum absolute atomic E-state index is 0.174. The van der Waals surface area contributed by atoms with E-state index in [1.54, 1.807) is 20.2 Å². The van der Waals surface area contributed by atoms with Gasteiger partial charge in [0.25, 0.3) is 0 Å². The molecule has 0 bridgehead atoms. The predicted octanol–water partition coefficient (Wildman–Crippen LogP) is 1.60. The largest absolute Gasteiger partial charge is 0.496 e. The van der Waals surface area contributed by atoms with Crippen LogP contribution in [0, 0.1) is 0 Å². The maximum atomic E-state index is 10.5. The molecular weight excluding hydrogens is 206 g/mol. The van der Waals surface area contributed by atoms with Crippen LogP contribution in [0.4, 0.5) is 0 Å². The number of hydrogen-bond acceptors (Lipinski definition) is 3. The summed E-state index contributed by atoms with van der Waals surface area (Å²) in [6.45, 7) is 0. The lowest BCUT2D eigenvalue weighted by molar-refractivity contribution is -0.131. The molecule has 0 radical (unpaired) electrons. The van der Waals surface area contributed by atoms with Gasteiger partial charge in [-0.2, -0.15) is 0 Å². The van der Waals surface area contributed by atoms with E-state index in [2.05, 4.69) is 5.32 Å². The first kappa shape index (κ1) is 12.3. The number of carboxylic acid groups (broad SMARTS) is 1. The van der Waals surface area contributed by atoms with E-state index in [0.717, 1.165) is 17.4 Å². The molecule has 1 rings (SSSR count). The highest BCUT2D eigenvalue weighted by atomic mass is 16.5. The molecule has 0 amide bonds. The number of nitrogens with one attached hydrogen (secondary N) is 1. The molecule has 0 aliphatic carbocycles. The lowest BCUT2D eigenvalue weighted by atomic mass is 10.1. The van der Waals surface area contributed by atoms with Gasteiger partial charge in [0.2, 0.25) is 0 Å². The molecule has 0 saturated heterocycles. The number of hydrogen-bond donors (Lipinski definition) is 2. The predicted molar refractivity (Wildman–Crippen MR) is 61.6 cm³/mol. The molecule has 0 aliphatic heterocycles. The minimum Gasteiger partial charge on any atom is -0.496 e. The van der Waals surface area contributed by atoms with Gasteiger partial charge in [0.05, 0.1) is 13.2 Å². The lowest BCUT2D eigenvalue weighted by Gasteiger charge is -2.15. The highest BCUT2D eigenvalue weighted by molar-refractivity contribution is 5.79. The Labute approximate surface area is 94.6 Å². The van der Waals surface area contributed by atoms with E-state index >= 15 is 0 Å². The second kappa shape index (κ2) is 5.92. The first-order valence-corrected chi connectivity index (χ1v) is 4.90. The fourth-order valence-electron chi connectivity index (χ4n) is 1.46. The number of aliphatic carboxylic acids is 1. The van der Waals surface area contributed by atoms with Gasteiger partial charge in [0.15, 0.2) is 0 Å². The average Bonchev–Trinajstić information content (AvgIpc) is 2.30. The molecule has 0 fully saturated rings. The highest BCUT2D eigenvalue weighted by Gasteiger charge is 2.10. The zero-order valence-corrected chi connectivity index (χ0v) is 9.31. The Morgan fingerprint density at radius 3 is 2.75 bits per heavy atom. The summed E-state index contributed by atoms with van der Waals surface area (Å²) in [6.07, 6.45) is 2.70. The van der Waals surface area contributed by atoms with Crippen LogP contribution in [-0.4, -0.2) is 25.2 Å². The minimum atomic E-state index is -0.963. The van der Waals surface area contributed by atoms with Gasteiger partial charge >= 0.3 is 5.97 Å². The third-order valence-electron chi connectivity index (χ3n) is 2.22. The second-order valence-corrected chi connectivity index (χ2v) is 3.21. The van der Waals surface area contributed by atoms with E-state index in [-0.39, 0.29) is 6.04 Å². The van der Waals surface area contributed by atoms with Crippen molar-refractivity contribution < 1.29 is 14.6 Å². The number of carbonyl (C=O) groups is 1. The summed E-state index contributed by atoms with van der Waals surface area (Å²) in [6, 6.07) is 7.32. The van der Waals surface area contributed by atoms with E-state index in [4.69, 9.17) is 9.84 Å². The summed E-state index contributed by atoms with van der Waals surface area (Å²) in [5.74, 6) is -0.230. The van der Waals surface area contributed by atoms with Crippen LogP contribution in [0.25, 0.3) is 0 Å². The quantitative estimate of drug-likeness (QED) is 0.741. The molecule has 1 unspecified atom stereocenters. The maximum absolute atomic E-state index is 10.5.